The van der Waals surface area contributed by atoms with E-state index in [0.29, 0.717) is 23.3 Å². The summed E-state index contributed by atoms with van der Waals surface area (Å²) in [7, 11) is 0. The van der Waals surface area contributed by atoms with E-state index in [0.717, 1.165) is 36.8 Å². The molecule has 0 radical (unpaired) electrons. The summed E-state index contributed by atoms with van der Waals surface area (Å²) in [5.74, 6) is 6.98. The van der Waals surface area contributed by atoms with Crippen LogP contribution in [0.4, 0.5) is 0 Å². The van der Waals surface area contributed by atoms with Crippen LogP contribution in [-0.4, -0.2) is 34.5 Å². The molecule has 0 bridgehead atoms. The average molecular weight is 380 g/mol. The van der Waals surface area contributed by atoms with E-state index in [2.05, 4.69) is 18.7 Å². The third kappa shape index (κ3) is 3.47. The summed E-state index contributed by atoms with van der Waals surface area (Å²) in [6.45, 7) is 6.82. The van der Waals surface area contributed by atoms with Crippen molar-refractivity contribution in [2.45, 2.75) is 51.5 Å². The summed E-state index contributed by atoms with van der Waals surface area (Å²) in [6, 6.07) is 9.84. The van der Waals surface area contributed by atoms with Crippen molar-refractivity contribution >= 4 is 16.7 Å². The van der Waals surface area contributed by atoms with Crippen LogP contribution >= 0.6 is 0 Å². The van der Waals surface area contributed by atoms with Crippen LogP contribution < -0.4 is 5.84 Å². The topological polar surface area (TPSA) is 64.4 Å². The highest BCUT2D eigenvalue weighted by molar-refractivity contribution is 6.09. The molecule has 0 amide bonds. The van der Waals surface area contributed by atoms with Crippen molar-refractivity contribution < 1.29 is 9.21 Å². The van der Waals surface area contributed by atoms with Crippen LogP contribution in [0.3, 0.4) is 0 Å². The highest BCUT2D eigenvalue weighted by Gasteiger charge is 2.26. The second kappa shape index (κ2) is 7.84. The minimum Gasteiger partial charge on any atom is -0.461 e. The van der Waals surface area contributed by atoms with Crippen molar-refractivity contribution in [2.75, 3.05) is 18.9 Å². The van der Waals surface area contributed by atoms with Crippen molar-refractivity contribution in [1.82, 2.24) is 9.58 Å². The van der Waals surface area contributed by atoms with Crippen LogP contribution in [0.1, 0.15) is 67.1 Å². The fraction of sp³-hybridized carbons (Fsp3) is 0.435. The molecule has 148 valence electrons. The number of nitrogens with zero attached hydrogens (tertiary/aromatic N) is 2. The highest BCUT2D eigenvalue weighted by atomic mass is 16.3. The van der Waals surface area contributed by atoms with E-state index in [1.807, 2.05) is 24.4 Å². The molecule has 1 atom stereocenters. The van der Waals surface area contributed by atoms with Crippen LogP contribution in [-0.2, 0) is 0 Å². The maximum atomic E-state index is 12.7. The first-order valence-electron chi connectivity index (χ1n) is 10.3. The van der Waals surface area contributed by atoms with E-state index in [1.54, 1.807) is 16.8 Å². The predicted molar refractivity (Wildman–Crippen MR) is 112 cm³/mol. The SMILES string of the molecule is CCCC(C)N1CCC(c2cn(N)c3ccc(C(=O)c4ccco4)cc23)CC1. The molecule has 0 spiro atoms. The quantitative estimate of drug-likeness (QED) is 0.504. The maximum absolute atomic E-state index is 12.7. The zero-order chi connectivity index (χ0) is 19.7. The fourth-order valence-electron chi connectivity index (χ4n) is 4.55. The van der Waals surface area contributed by atoms with E-state index in [1.165, 1.54) is 24.7 Å². The Labute approximate surface area is 166 Å². The van der Waals surface area contributed by atoms with Gasteiger partial charge >= 0.3 is 0 Å². The Balaban J connectivity index is 1.59. The van der Waals surface area contributed by atoms with Crippen LogP contribution in [0.25, 0.3) is 10.9 Å². The zero-order valence-corrected chi connectivity index (χ0v) is 16.7. The summed E-state index contributed by atoms with van der Waals surface area (Å²) in [5, 5.41) is 1.08. The number of nitrogens with two attached hydrogens (primary N) is 1. The van der Waals surface area contributed by atoms with Crippen molar-refractivity contribution in [3.05, 3.63) is 59.7 Å². The van der Waals surface area contributed by atoms with Gasteiger partial charge in [-0.15, -0.1) is 0 Å². The predicted octanol–water partition coefficient (Wildman–Crippen LogP) is 4.55. The molecule has 1 aliphatic rings. The van der Waals surface area contributed by atoms with Gasteiger partial charge in [0.05, 0.1) is 11.8 Å². The van der Waals surface area contributed by atoms with Gasteiger partial charge in [0.25, 0.3) is 0 Å². The summed E-state index contributed by atoms with van der Waals surface area (Å²) < 4.78 is 6.97. The number of likely N-dealkylation sites (tertiary alicyclic amines) is 1. The molecule has 28 heavy (non-hydrogen) atoms. The number of benzene rings is 1. The Morgan fingerprint density at radius 2 is 2.07 bits per heavy atom. The first-order chi connectivity index (χ1) is 13.6. The number of aromatic nitrogens is 1. The first-order valence-corrected chi connectivity index (χ1v) is 10.3. The number of fused-ring (bicyclic) bond motifs is 1. The minimum absolute atomic E-state index is 0.0918. The molecule has 2 aromatic heterocycles. The van der Waals surface area contributed by atoms with Gasteiger partial charge in [0.2, 0.25) is 5.78 Å². The van der Waals surface area contributed by atoms with Gasteiger partial charge in [-0.3, -0.25) is 9.47 Å². The molecule has 1 fully saturated rings. The first kappa shape index (κ1) is 18.8. The lowest BCUT2D eigenvalue weighted by atomic mass is 9.88. The number of piperidine rings is 1. The summed E-state index contributed by atoms with van der Waals surface area (Å²) in [6.07, 6.45) is 8.31. The van der Waals surface area contributed by atoms with Gasteiger partial charge in [0.15, 0.2) is 5.76 Å². The largest absolute Gasteiger partial charge is 0.461 e. The minimum atomic E-state index is -0.0918. The van der Waals surface area contributed by atoms with Crippen LogP contribution in [0, 0.1) is 0 Å². The number of rotatable bonds is 6. The lowest BCUT2D eigenvalue weighted by Gasteiger charge is -2.36. The number of nitrogen functional groups attached to an aromatic ring is 1. The smallest absolute Gasteiger partial charge is 0.228 e. The number of ketones is 1. The summed E-state index contributed by atoms with van der Waals surface area (Å²) >= 11 is 0. The van der Waals surface area contributed by atoms with Crippen molar-refractivity contribution in [3.63, 3.8) is 0 Å². The molecule has 3 heterocycles. The van der Waals surface area contributed by atoms with E-state index < -0.39 is 0 Å². The molecular formula is C23H29N3O2. The van der Waals surface area contributed by atoms with Gasteiger partial charge in [-0.2, -0.15) is 0 Å². The van der Waals surface area contributed by atoms with Gasteiger partial charge in [-0.1, -0.05) is 13.3 Å². The van der Waals surface area contributed by atoms with E-state index in [4.69, 9.17) is 10.3 Å². The Kier molecular flexibility index (Phi) is 5.27. The van der Waals surface area contributed by atoms with Gasteiger partial charge in [0, 0.05) is 23.2 Å². The Morgan fingerprint density at radius 3 is 2.75 bits per heavy atom. The molecule has 1 saturated heterocycles. The number of carbonyl (C=O) groups is 1. The van der Waals surface area contributed by atoms with Gasteiger partial charge in [0.1, 0.15) is 0 Å². The normalized spacial score (nSPS) is 17.2. The fourth-order valence-corrected chi connectivity index (χ4v) is 4.55. The Bertz CT molecular complexity index is 950. The second-order valence-corrected chi connectivity index (χ2v) is 7.98. The molecule has 3 aromatic rings. The number of hydrogen-bond acceptors (Lipinski definition) is 4. The Morgan fingerprint density at radius 1 is 1.29 bits per heavy atom. The van der Waals surface area contributed by atoms with Crippen molar-refractivity contribution in [1.29, 1.82) is 0 Å². The van der Waals surface area contributed by atoms with E-state index >= 15 is 0 Å². The molecule has 2 N–H and O–H groups in total. The van der Waals surface area contributed by atoms with Crippen molar-refractivity contribution in [3.8, 4) is 0 Å². The Hall–Kier alpha value is -2.53. The molecule has 0 saturated carbocycles. The van der Waals surface area contributed by atoms with Crippen molar-refractivity contribution in [2.24, 2.45) is 0 Å². The lowest BCUT2D eigenvalue weighted by molar-refractivity contribution is 0.101. The van der Waals surface area contributed by atoms with Gasteiger partial charge < -0.3 is 15.2 Å². The second-order valence-electron chi connectivity index (χ2n) is 7.98. The number of carbonyl (C=O) groups excluding carboxylic acids is 1. The standard InChI is InChI=1S/C23H29N3O2/c1-3-5-16(2)25-11-9-17(10-12-25)20-15-26(24)21-8-7-18(14-19(20)21)23(27)22-6-4-13-28-22/h4,6-8,13-17H,3,5,9-12,24H2,1-2H3. The summed E-state index contributed by atoms with van der Waals surface area (Å²) in [5.41, 5.74) is 2.87. The third-order valence-corrected chi connectivity index (χ3v) is 6.17. The molecule has 0 aliphatic carbocycles. The van der Waals surface area contributed by atoms with E-state index in [9.17, 15) is 4.79 Å². The molecule has 5 nitrogen and oxygen atoms in total. The molecule has 5 heteroatoms. The van der Waals surface area contributed by atoms with E-state index in [-0.39, 0.29) is 5.78 Å². The molecule has 1 aliphatic heterocycles. The van der Waals surface area contributed by atoms with Gasteiger partial charge in [-0.05, 0) is 81.1 Å². The van der Waals surface area contributed by atoms with Crippen LogP contribution in [0.5, 0.6) is 0 Å². The summed E-state index contributed by atoms with van der Waals surface area (Å²) in [4.78, 5) is 15.3. The lowest BCUT2D eigenvalue weighted by Crippen LogP contribution is -2.39. The molecule has 4 rings (SSSR count). The van der Waals surface area contributed by atoms with Gasteiger partial charge in [-0.25, -0.2) is 0 Å². The average Bonchev–Trinajstić information content (AvgIpc) is 3.36. The van der Waals surface area contributed by atoms with Crippen LogP contribution in [0.15, 0.2) is 47.2 Å². The number of hydrogen-bond donors (Lipinski definition) is 1. The monoisotopic (exact) mass is 379 g/mol. The highest BCUT2D eigenvalue weighted by Crippen LogP contribution is 2.35. The maximum Gasteiger partial charge on any atom is 0.228 e. The molecular weight excluding hydrogens is 350 g/mol. The number of furan rings is 1. The van der Waals surface area contributed by atoms with Crippen LogP contribution in [0.2, 0.25) is 0 Å². The molecule has 1 unspecified atom stereocenters. The zero-order valence-electron chi connectivity index (χ0n) is 16.7. The molecule has 1 aromatic carbocycles. The third-order valence-electron chi connectivity index (χ3n) is 6.17.